The van der Waals surface area contributed by atoms with E-state index in [0.29, 0.717) is 11.4 Å². The summed E-state index contributed by atoms with van der Waals surface area (Å²) in [5.74, 6) is 3.58. The largest absolute Gasteiger partial charge is 0.240 e. The molecule has 1 atom stereocenters. The van der Waals surface area contributed by atoms with Crippen LogP contribution in [0.25, 0.3) is 0 Å². The number of nitrogens with one attached hydrogen (secondary N) is 1. The van der Waals surface area contributed by atoms with Crippen molar-refractivity contribution < 1.29 is 8.42 Å². The predicted molar refractivity (Wildman–Crippen MR) is 111 cm³/mol. The van der Waals surface area contributed by atoms with E-state index >= 15 is 0 Å². The molecule has 2 aromatic carbocycles. The first-order chi connectivity index (χ1) is 12.3. The lowest BCUT2D eigenvalue weighted by Gasteiger charge is -2.13. The van der Waals surface area contributed by atoms with E-state index in [2.05, 4.69) is 48.0 Å². The van der Waals surface area contributed by atoms with Gasteiger partial charge in [0.15, 0.2) is 0 Å². The minimum absolute atomic E-state index is 0.143. The second kappa shape index (κ2) is 9.18. The third-order valence-corrected chi connectivity index (χ3v) is 6.21. The van der Waals surface area contributed by atoms with Gasteiger partial charge in [-0.2, -0.15) is 0 Å². The van der Waals surface area contributed by atoms with Gasteiger partial charge in [-0.3, -0.25) is 0 Å². The van der Waals surface area contributed by atoms with Crippen LogP contribution >= 0.6 is 0 Å². The van der Waals surface area contributed by atoms with E-state index < -0.39 is 18.1 Å². The molecule has 0 aliphatic carbocycles. The molecule has 2 rings (SSSR count). The van der Waals surface area contributed by atoms with Crippen LogP contribution in [0.15, 0.2) is 65.6 Å². The van der Waals surface area contributed by atoms with Crippen molar-refractivity contribution in [3.8, 4) is 11.5 Å². The molecule has 0 fully saturated rings. The van der Waals surface area contributed by atoms with Crippen molar-refractivity contribution in [2.45, 2.75) is 43.3 Å². The maximum absolute atomic E-state index is 12.3. The highest BCUT2D eigenvalue weighted by Gasteiger charge is 2.14. The van der Waals surface area contributed by atoms with Crippen LogP contribution in [0.3, 0.4) is 0 Å². The Morgan fingerprint density at radius 1 is 0.962 bits per heavy atom. The molecule has 0 saturated carbocycles. The summed E-state index contributed by atoms with van der Waals surface area (Å²) in [6.45, 7) is 7.11. The van der Waals surface area contributed by atoms with Crippen molar-refractivity contribution in [2.24, 2.45) is 0 Å². The predicted octanol–water partition coefficient (Wildman–Crippen LogP) is 4.41. The third-order valence-electron chi connectivity index (χ3n) is 3.84. The summed E-state index contributed by atoms with van der Waals surface area (Å²) in [6.07, 6.45) is 1.57. The Morgan fingerprint density at radius 3 is 2.12 bits per heavy atom. The van der Waals surface area contributed by atoms with Crippen molar-refractivity contribution >= 4 is 18.1 Å². The smallest absolute Gasteiger partial charge is 0.211 e. The average Bonchev–Trinajstić information content (AvgIpc) is 2.61. The van der Waals surface area contributed by atoms with Crippen molar-refractivity contribution in [1.29, 1.82) is 0 Å². The summed E-state index contributed by atoms with van der Waals surface area (Å²) in [6, 6.07) is 18.7. The van der Waals surface area contributed by atoms with Gasteiger partial charge in [0, 0.05) is 12.5 Å². The molecule has 0 unspecified atom stereocenters. The lowest BCUT2D eigenvalue weighted by atomic mass is 9.95. The molecule has 0 spiro atoms. The van der Waals surface area contributed by atoms with E-state index in [9.17, 15) is 8.42 Å². The van der Waals surface area contributed by atoms with Crippen LogP contribution in [0.1, 0.15) is 24.3 Å². The summed E-state index contributed by atoms with van der Waals surface area (Å²) in [5.41, 5.74) is 4.65. The van der Waals surface area contributed by atoms with Crippen molar-refractivity contribution in [2.75, 3.05) is 6.54 Å². The topological polar surface area (TPSA) is 46.2 Å². The molecule has 0 aromatic heterocycles. The fourth-order valence-electron chi connectivity index (χ4n) is 2.51. The van der Waals surface area contributed by atoms with E-state index in [0.717, 1.165) is 12.8 Å². The number of benzene rings is 2. The molecule has 0 radical (unpaired) electrons. The van der Waals surface area contributed by atoms with Crippen molar-refractivity contribution in [3.05, 3.63) is 66.2 Å². The number of hydrogen-bond acceptors (Lipinski definition) is 2. The molecule has 0 aliphatic rings. The van der Waals surface area contributed by atoms with Crippen LogP contribution in [-0.4, -0.2) is 23.0 Å². The van der Waals surface area contributed by atoms with Gasteiger partial charge >= 0.3 is 0 Å². The van der Waals surface area contributed by atoms with Crippen molar-refractivity contribution in [1.82, 2.24) is 4.72 Å². The highest BCUT2D eigenvalue weighted by molar-refractivity contribution is 7.89. The first-order valence-electron chi connectivity index (χ1n) is 8.90. The lowest BCUT2D eigenvalue weighted by Crippen LogP contribution is -2.25. The fraction of sp³-hybridized carbons (Fsp3) is 0.333. The first kappa shape index (κ1) is 20.4. The second-order valence-electron chi connectivity index (χ2n) is 7.34. The number of sulfonamides is 1. The maximum atomic E-state index is 12.3. The van der Waals surface area contributed by atoms with Gasteiger partial charge < -0.3 is 0 Å². The first-order valence-corrected chi connectivity index (χ1v) is 13.9. The standard InChI is InChI=1S/C21H27NO2SSi/c1-26(2,3)18-16-20(19-11-6-4-7-12-19)13-10-17-22-25(23,24)21-14-8-5-9-15-21/h4-9,11-12,14-15,20,22H,10,13,17H2,1-3H3/t20-/m1/s1. The van der Waals surface area contributed by atoms with Gasteiger partial charge in [0.05, 0.1) is 4.90 Å². The molecule has 1 N–H and O–H groups in total. The van der Waals surface area contributed by atoms with Crippen molar-refractivity contribution in [3.63, 3.8) is 0 Å². The monoisotopic (exact) mass is 385 g/mol. The minimum Gasteiger partial charge on any atom is -0.211 e. The summed E-state index contributed by atoms with van der Waals surface area (Å²) in [7, 11) is -4.88. The van der Waals surface area contributed by atoms with Gasteiger partial charge in [0.1, 0.15) is 8.07 Å². The Hall–Kier alpha value is -1.87. The zero-order chi connectivity index (χ0) is 19.0. The molecule has 5 heteroatoms. The fourth-order valence-corrected chi connectivity index (χ4v) is 4.21. The SMILES string of the molecule is C[Si](C)(C)C#C[C@@H](CCCNS(=O)(=O)c1ccccc1)c1ccccc1. The molecule has 0 bridgehead atoms. The molecule has 0 saturated heterocycles. The Kier molecular flexibility index (Phi) is 7.21. The molecular weight excluding hydrogens is 358 g/mol. The molecule has 3 nitrogen and oxygen atoms in total. The highest BCUT2D eigenvalue weighted by Crippen LogP contribution is 2.20. The quantitative estimate of drug-likeness (QED) is 0.436. The molecular formula is C21H27NO2SSi. The Morgan fingerprint density at radius 2 is 1.54 bits per heavy atom. The second-order valence-corrected chi connectivity index (χ2v) is 13.9. The maximum Gasteiger partial charge on any atom is 0.240 e. The molecule has 2 aromatic rings. The van der Waals surface area contributed by atoms with Gasteiger partial charge in [0.2, 0.25) is 10.0 Å². The normalized spacial score (nSPS) is 12.9. The zero-order valence-electron chi connectivity index (χ0n) is 15.7. The van der Waals surface area contributed by atoms with Gasteiger partial charge in [-0.1, -0.05) is 68.2 Å². The average molecular weight is 386 g/mol. The molecule has 0 heterocycles. The van der Waals surface area contributed by atoms with Crippen LogP contribution in [-0.2, 0) is 10.0 Å². The van der Waals surface area contributed by atoms with Gasteiger partial charge in [-0.25, -0.2) is 13.1 Å². The lowest BCUT2D eigenvalue weighted by molar-refractivity contribution is 0.574. The molecule has 138 valence electrons. The minimum atomic E-state index is -3.44. The van der Waals surface area contributed by atoms with Crippen LogP contribution in [0.4, 0.5) is 0 Å². The zero-order valence-corrected chi connectivity index (χ0v) is 17.5. The van der Waals surface area contributed by atoms with E-state index in [1.54, 1.807) is 30.3 Å². The van der Waals surface area contributed by atoms with Crippen LogP contribution in [0.5, 0.6) is 0 Å². The third kappa shape index (κ3) is 6.79. The molecule has 26 heavy (non-hydrogen) atoms. The molecule has 0 aliphatic heterocycles. The summed E-state index contributed by atoms with van der Waals surface area (Å²) >= 11 is 0. The van der Waals surface area contributed by atoms with Gasteiger partial charge in [-0.05, 0) is 30.5 Å². The number of hydrogen-bond donors (Lipinski definition) is 1. The van der Waals surface area contributed by atoms with E-state index in [4.69, 9.17) is 0 Å². The Bertz CT molecular complexity index is 848. The van der Waals surface area contributed by atoms with E-state index in [-0.39, 0.29) is 5.92 Å². The Balaban J connectivity index is 1.98. The van der Waals surface area contributed by atoms with Gasteiger partial charge in [-0.15, -0.1) is 11.5 Å². The Labute approximate surface area is 158 Å². The summed E-state index contributed by atoms with van der Waals surface area (Å²) < 4.78 is 27.2. The van der Waals surface area contributed by atoms with Crippen LogP contribution in [0, 0.1) is 11.5 Å². The van der Waals surface area contributed by atoms with E-state index in [1.165, 1.54) is 5.56 Å². The summed E-state index contributed by atoms with van der Waals surface area (Å²) in [4.78, 5) is 0.304. The van der Waals surface area contributed by atoms with Crippen LogP contribution in [0.2, 0.25) is 19.6 Å². The van der Waals surface area contributed by atoms with Crippen LogP contribution < -0.4 is 4.72 Å². The van der Waals surface area contributed by atoms with E-state index in [1.807, 2.05) is 18.2 Å². The van der Waals surface area contributed by atoms with Gasteiger partial charge in [0.25, 0.3) is 0 Å². The molecule has 0 amide bonds. The number of rotatable bonds is 7. The summed E-state index contributed by atoms with van der Waals surface area (Å²) in [5, 5.41) is 0. The highest BCUT2D eigenvalue weighted by atomic mass is 32.2.